The van der Waals surface area contributed by atoms with Crippen molar-refractivity contribution in [1.82, 2.24) is 14.3 Å². The van der Waals surface area contributed by atoms with Gasteiger partial charge in [0.2, 0.25) is 20.0 Å². The fourth-order valence-corrected chi connectivity index (χ4v) is 6.54. The van der Waals surface area contributed by atoms with Gasteiger partial charge in [-0.25, -0.2) is 26.4 Å². The third-order valence-electron chi connectivity index (χ3n) is 5.54. The lowest BCUT2D eigenvalue weighted by molar-refractivity contribution is -0.147. The molecule has 0 aliphatic carbocycles. The first-order valence-corrected chi connectivity index (χ1v) is 14.3. The fraction of sp³-hybridized carbons (Fsp3) is 0.182. The number of nitriles is 1. The van der Waals surface area contributed by atoms with E-state index in [9.17, 15) is 39.7 Å². The highest BCUT2D eigenvalue weighted by atomic mass is 32.2. The van der Waals surface area contributed by atoms with E-state index in [4.69, 9.17) is 5.14 Å². The third kappa shape index (κ3) is 5.02. The van der Waals surface area contributed by atoms with Crippen LogP contribution in [0.25, 0.3) is 27.3 Å². The monoisotopic (exact) mass is 587 g/mol. The van der Waals surface area contributed by atoms with Crippen LogP contribution in [0.2, 0.25) is 0 Å². The summed E-state index contributed by atoms with van der Waals surface area (Å²) in [6, 6.07) is 7.07. The van der Waals surface area contributed by atoms with Gasteiger partial charge in [0.25, 0.3) is 0 Å². The highest BCUT2D eigenvalue weighted by Crippen LogP contribution is 2.39. The molecule has 0 fully saturated rings. The molecule has 0 aliphatic rings. The second-order valence-electron chi connectivity index (χ2n) is 8.19. The second-order valence-corrected chi connectivity index (χ2v) is 12.8. The van der Waals surface area contributed by atoms with E-state index in [1.54, 1.807) is 0 Å². The average Bonchev–Trinajstić information content (AvgIpc) is 3.41. The third-order valence-corrected chi connectivity index (χ3v) is 9.57. The number of nitrogens with one attached hydrogen (secondary N) is 1. The Morgan fingerprint density at radius 3 is 2.37 bits per heavy atom. The summed E-state index contributed by atoms with van der Waals surface area (Å²) in [6.07, 6.45) is -3.99. The average molecular weight is 588 g/mol. The lowest BCUT2D eigenvalue weighted by atomic mass is 10.1. The van der Waals surface area contributed by atoms with Crippen molar-refractivity contribution in [3.8, 4) is 22.5 Å². The number of pyridine rings is 1. The summed E-state index contributed by atoms with van der Waals surface area (Å²) < 4.78 is 104. The van der Waals surface area contributed by atoms with Gasteiger partial charge in [-0.3, -0.25) is 9.55 Å². The molecule has 4 aromatic rings. The molecular weight excluding hydrogens is 570 g/mol. The number of hydrogen-bond acceptors (Lipinski definition) is 7. The number of hydrogen-bond donors (Lipinski definition) is 2. The molecule has 0 saturated heterocycles. The van der Waals surface area contributed by atoms with Crippen molar-refractivity contribution in [3.63, 3.8) is 0 Å². The van der Waals surface area contributed by atoms with E-state index in [1.807, 2.05) is 6.07 Å². The van der Waals surface area contributed by atoms with E-state index in [2.05, 4.69) is 4.98 Å². The number of thiophene rings is 1. The molecule has 0 spiro atoms. The number of fused-ring (bicyclic) bond motifs is 1. The highest BCUT2D eigenvalue weighted by Gasteiger charge is 2.39. The molecule has 0 aliphatic heterocycles. The van der Waals surface area contributed by atoms with Crippen LogP contribution in [0.3, 0.4) is 0 Å². The number of primary sulfonamides is 1. The predicted molar refractivity (Wildman–Crippen MR) is 131 cm³/mol. The molecule has 3 aromatic heterocycles. The maximum atomic E-state index is 14.5. The lowest BCUT2D eigenvalue weighted by Crippen LogP contribution is -2.42. The van der Waals surface area contributed by atoms with Crippen molar-refractivity contribution in [2.75, 3.05) is 0 Å². The normalized spacial score (nSPS) is 13.5. The van der Waals surface area contributed by atoms with Gasteiger partial charge in [-0.1, -0.05) is 0 Å². The Kier molecular flexibility index (Phi) is 6.87. The Hall–Kier alpha value is -3.36. The molecule has 0 amide bonds. The zero-order chi connectivity index (χ0) is 28.2. The molecule has 0 unspecified atom stereocenters. The number of alkyl halides is 3. The summed E-state index contributed by atoms with van der Waals surface area (Å²) in [6.45, 7) is 2.14. The number of nitrogens with two attached hydrogens (primary N) is 1. The zero-order valence-electron chi connectivity index (χ0n) is 19.4. The van der Waals surface area contributed by atoms with Crippen molar-refractivity contribution in [2.24, 2.45) is 5.14 Å². The van der Waals surface area contributed by atoms with Crippen molar-refractivity contribution in [2.45, 2.75) is 35.2 Å². The molecule has 0 radical (unpaired) electrons. The Bertz CT molecular complexity index is 1820. The Balaban J connectivity index is 1.93. The molecular formula is C22H17F4N5O4S3. The SMILES string of the molecule is Cc1cc2c(cc1F)c(C#N)c(-c1ccc(S(=O)(=O)N[C@@H](C)C(F)(F)F)cn1)n2-c1ccc(S(N)(=O)=O)s1. The molecule has 4 rings (SSSR count). The summed E-state index contributed by atoms with van der Waals surface area (Å²) in [5.41, 5.74) is 0.615. The van der Waals surface area contributed by atoms with E-state index >= 15 is 0 Å². The van der Waals surface area contributed by atoms with Gasteiger partial charge in [-0.15, -0.1) is 11.3 Å². The van der Waals surface area contributed by atoms with Gasteiger partial charge in [-0.2, -0.15) is 23.2 Å². The number of rotatable bonds is 6. The van der Waals surface area contributed by atoms with Crippen LogP contribution in [0.4, 0.5) is 17.6 Å². The van der Waals surface area contributed by atoms with Crippen LogP contribution in [-0.2, 0) is 20.0 Å². The van der Waals surface area contributed by atoms with Gasteiger partial charge in [0.05, 0.1) is 22.5 Å². The van der Waals surface area contributed by atoms with Crippen LogP contribution in [0.5, 0.6) is 0 Å². The van der Waals surface area contributed by atoms with Crippen molar-refractivity contribution in [1.29, 1.82) is 5.26 Å². The van der Waals surface area contributed by atoms with Crippen LogP contribution >= 0.6 is 11.3 Å². The van der Waals surface area contributed by atoms with Gasteiger partial charge in [0.1, 0.15) is 32.0 Å². The van der Waals surface area contributed by atoms with E-state index in [0.717, 1.165) is 29.7 Å². The summed E-state index contributed by atoms with van der Waals surface area (Å²) in [5, 5.41) is 15.6. The molecule has 0 saturated carbocycles. The van der Waals surface area contributed by atoms with Gasteiger partial charge in [0, 0.05) is 11.6 Å². The first-order valence-electron chi connectivity index (χ1n) is 10.5. The standard InChI is InChI=1S/C22H17F4N5O4S3/c1-11-7-18-14(8-16(11)23)15(9-27)21(31(18)19-5-6-20(36-19)37(28,32)33)17-4-3-13(10-29-17)38(34,35)30-12(2)22(24,25)26/h3-8,10,12,30H,1-2H3,(H2,28,32,33)/t12-/m0/s1. The predicted octanol–water partition coefficient (Wildman–Crippen LogP) is 3.95. The molecule has 1 atom stereocenters. The summed E-state index contributed by atoms with van der Waals surface area (Å²) in [4.78, 5) is 3.51. The van der Waals surface area contributed by atoms with Crippen molar-refractivity contribution in [3.05, 3.63) is 59.5 Å². The van der Waals surface area contributed by atoms with Crippen molar-refractivity contribution < 1.29 is 34.4 Å². The number of benzene rings is 1. The molecule has 200 valence electrons. The quantitative estimate of drug-likeness (QED) is 0.327. The minimum atomic E-state index is -4.81. The fourth-order valence-electron chi connectivity index (χ4n) is 3.63. The van der Waals surface area contributed by atoms with Gasteiger partial charge < -0.3 is 0 Å². The number of aryl methyl sites for hydroxylation is 1. The molecule has 38 heavy (non-hydrogen) atoms. The lowest BCUT2D eigenvalue weighted by Gasteiger charge is -2.17. The first kappa shape index (κ1) is 27.7. The van der Waals surface area contributed by atoms with Crippen LogP contribution in [0.15, 0.2) is 51.7 Å². The highest BCUT2D eigenvalue weighted by molar-refractivity contribution is 7.91. The van der Waals surface area contributed by atoms with E-state index in [-0.39, 0.29) is 37.1 Å². The minimum Gasteiger partial charge on any atom is -0.298 e. The Labute approximate surface area is 218 Å². The Morgan fingerprint density at radius 2 is 1.84 bits per heavy atom. The van der Waals surface area contributed by atoms with Crippen LogP contribution < -0.4 is 9.86 Å². The maximum Gasteiger partial charge on any atom is 0.404 e. The van der Waals surface area contributed by atoms with Crippen LogP contribution in [0, 0.1) is 24.1 Å². The largest absolute Gasteiger partial charge is 0.404 e. The molecule has 3 heterocycles. The van der Waals surface area contributed by atoms with Gasteiger partial charge >= 0.3 is 6.18 Å². The number of aromatic nitrogens is 2. The van der Waals surface area contributed by atoms with Crippen LogP contribution in [-0.4, -0.2) is 38.6 Å². The first-order chi connectivity index (χ1) is 17.5. The zero-order valence-corrected chi connectivity index (χ0v) is 21.9. The van der Waals surface area contributed by atoms with E-state index in [0.29, 0.717) is 12.4 Å². The van der Waals surface area contributed by atoms with Crippen LogP contribution in [0.1, 0.15) is 18.1 Å². The number of sulfonamides is 2. The summed E-state index contributed by atoms with van der Waals surface area (Å²) in [5.74, 6) is -0.603. The summed E-state index contributed by atoms with van der Waals surface area (Å²) in [7, 11) is -8.67. The second kappa shape index (κ2) is 9.43. The maximum absolute atomic E-state index is 14.5. The minimum absolute atomic E-state index is 0.0178. The number of halogens is 4. The molecule has 0 bridgehead atoms. The molecule has 16 heteroatoms. The topological polar surface area (TPSA) is 148 Å². The molecule has 1 aromatic carbocycles. The van der Waals surface area contributed by atoms with E-state index < -0.39 is 43.0 Å². The van der Waals surface area contributed by atoms with Gasteiger partial charge in [0.15, 0.2) is 0 Å². The molecule has 3 N–H and O–H groups in total. The number of nitrogens with zero attached hydrogens (tertiary/aromatic N) is 3. The van der Waals surface area contributed by atoms with Gasteiger partial charge in [-0.05, 0) is 55.8 Å². The molecule has 9 nitrogen and oxygen atoms in total. The van der Waals surface area contributed by atoms with E-state index in [1.165, 1.54) is 40.5 Å². The van der Waals surface area contributed by atoms with Crippen molar-refractivity contribution >= 4 is 42.3 Å². The summed E-state index contributed by atoms with van der Waals surface area (Å²) >= 11 is 0.774. The smallest absolute Gasteiger partial charge is 0.298 e. The Morgan fingerprint density at radius 1 is 1.16 bits per heavy atom.